The number of nitrogens with one attached hydrogen (secondary N) is 1. The molecular weight excluding hydrogens is 340 g/mol. The van der Waals surface area contributed by atoms with Crippen LogP contribution in [0.25, 0.3) is 0 Å². The molecule has 3 aromatic rings. The highest BCUT2D eigenvalue weighted by Gasteiger charge is 2.12. The molecule has 0 spiro atoms. The van der Waals surface area contributed by atoms with Crippen molar-refractivity contribution >= 4 is 23.4 Å². The number of aryl methyl sites for hydroxylation is 1. The zero-order chi connectivity index (χ0) is 18.4. The Morgan fingerprint density at radius 3 is 2.42 bits per heavy atom. The first kappa shape index (κ1) is 17.8. The average Bonchev–Trinajstić information content (AvgIpc) is 2.68. The number of carbonyl (C=O) groups is 1. The number of nitrogens with zero attached hydrogens (tertiary/aromatic N) is 1. The third-order valence-electron chi connectivity index (χ3n) is 4.00. The van der Waals surface area contributed by atoms with Crippen LogP contribution in [0.2, 0.25) is 0 Å². The van der Waals surface area contributed by atoms with Gasteiger partial charge in [0.2, 0.25) is 0 Å². The fraction of sp³-hybridized carbons (Fsp3) is 0.0909. The minimum absolute atomic E-state index is 0.109. The van der Waals surface area contributed by atoms with E-state index in [0.717, 1.165) is 27.5 Å². The second-order valence-electron chi connectivity index (χ2n) is 5.86. The molecule has 0 aliphatic carbocycles. The first-order valence-electron chi connectivity index (χ1n) is 8.25. The van der Waals surface area contributed by atoms with E-state index in [2.05, 4.69) is 11.4 Å². The van der Waals surface area contributed by atoms with Gasteiger partial charge in [-0.2, -0.15) is 5.26 Å². The Morgan fingerprint density at radius 2 is 1.69 bits per heavy atom. The summed E-state index contributed by atoms with van der Waals surface area (Å²) in [5, 5.41) is 11.9. The number of carbonyl (C=O) groups excluding carboxylic acids is 1. The lowest BCUT2D eigenvalue weighted by Crippen LogP contribution is -2.13. The molecule has 0 atom stereocenters. The number of para-hydroxylation sites is 1. The van der Waals surface area contributed by atoms with Crippen LogP contribution < -0.4 is 5.32 Å². The summed E-state index contributed by atoms with van der Waals surface area (Å²) in [7, 11) is 0. The van der Waals surface area contributed by atoms with Crippen molar-refractivity contribution in [2.75, 3.05) is 5.32 Å². The fourth-order valence-electron chi connectivity index (χ4n) is 2.52. The summed E-state index contributed by atoms with van der Waals surface area (Å²) in [6, 6.07) is 25.0. The van der Waals surface area contributed by atoms with E-state index in [1.165, 1.54) is 0 Å². The second kappa shape index (κ2) is 8.37. The standard InChI is InChI=1S/C22H18N2OS/c1-16-6-2-4-8-20(16)24-22(25)19-7-3-5-9-21(19)26-15-18-12-10-17(14-23)11-13-18/h2-13H,15H2,1H3,(H,24,25). The van der Waals surface area contributed by atoms with Gasteiger partial charge in [0.15, 0.2) is 0 Å². The summed E-state index contributed by atoms with van der Waals surface area (Å²) in [5.41, 5.74) is 4.28. The minimum Gasteiger partial charge on any atom is -0.322 e. The lowest BCUT2D eigenvalue weighted by Gasteiger charge is -2.11. The van der Waals surface area contributed by atoms with Crippen molar-refractivity contribution < 1.29 is 4.79 Å². The maximum absolute atomic E-state index is 12.7. The van der Waals surface area contributed by atoms with E-state index in [4.69, 9.17) is 5.26 Å². The predicted octanol–water partition coefficient (Wildman–Crippen LogP) is 5.41. The third-order valence-corrected chi connectivity index (χ3v) is 5.15. The van der Waals surface area contributed by atoms with Crippen molar-refractivity contribution in [2.24, 2.45) is 0 Å². The lowest BCUT2D eigenvalue weighted by atomic mass is 10.1. The molecule has 0 saturated heterocycles. The van der Waals surface area contributed by atoms with Crippen molar-refractivity contribution in [2.45, 2.75) is 17.6 Å². The van der Waals surface area contributed by atoms with Gasteiger partial charge in [-0.15, -0.1) is 11.8 Å². The van der Waals surface area contributed by atoms with Crippen LogP contribution >= 0.6 is 11.8 Å². The number of rotatable bonds is 5. The highest BCUT2D eigenvalue weighted by atomic mass is 32.2. The molecular formula is C22H18N2OS. The highest BCUT2D eigenvalue weighted by molar-refractivity contribution is 7.98. The molecule has 0 saturated carbocycles. The van der Waals surface area contributed by atoms with E-state index in [9.17, 15) is 4.79 Å². The highest BCUT2D eigenvalue weighted by Crippen LogP contribution is 2.27. The summed E-state index contributed by atoms with van der Waals surface area (Å²) >= 11 is 1.61. The second-order valence-corrected chi connectivity index (χ2v) is 6.88. The number of hydrogen-bond donors (Lipinski definition) is 1. The van der Waals surface area contributed by atoms with Gasteiger partial charge in [-0.05, 0) is 48.4 Å². The third kappa shape index (κ3) is 4.33. The van der Waals surface area contributed by atoms with Gasteiger partial charge in [-0.25, -0.2) is 0 Å². The zero-order valence-corrected chi connectivity index (χ0v) is 15.2. The molecule has 0 aliphatic heterocycles. The van der Waals surface area contributed by atoms with Crippen LogP contribution in [-0.2, 0) is 5.75 Å². The predicted molar refractivity (Wildman–Crippen MR) is 106 cm³/mol. The first-order valence-corrected chi connectivity index (χ1v) is 9.24. The molecule has 0 fully saturated rings. The van der Waals surface area contributed by atoms with Crippen LogP contribution in [0.15, 0.2) is 77.7 Å². The molecule has 3 rings (SSSR count). The van der Waals surface area contributed by atoms with Gasteiger partial charge in [-0.3, -0.25) is 4.79 Å². The Morgan fingerprint density at radius 1 is 1.00 bits per heavy atom. The molecule has 0 aliphatic rings. The smallest absolute Gasteiger partial charge is 0.256 e. The maximum Gasteiger partial charge on any atom is 0.256 e. The number of amides is 1. The van der Waals surface area contributed by atoms with Crippen LogP contribution in [0.5, 0.6) is 0 Å². The Bertz CT molecular complexity index is 958. The summed E-state index contributed by atoms with van der Waals surface area (Å²) < 4.78 is 0. The van der Waals surface area contributed by atoms with Crippen molar-refractivity contribution in [1.29, 1.82) is 5.26 Å². The summed E-state index contributed by atoms with van der Waals surface area (Å²) in [4.78, 5) is 13.7. The number of hydrogen-bond acceptors (Lipinski definition) is 3. The number of anilines is 1. The van der Waals surface area contributed by atoms with Crippen LogP contribution in [0.4, 0.5) is 5.69 Å². The minimum atomic E-state index is -0.109. The van der Waals surface area contributed by atoms with Gasteiger partial charge < -0.3 is 5.32 Å². The molecule has 0 bridgehead atoms. The van der Waals surface area contributed by atoms with E-state index in [-0.39, 0.29) is 5.91 Å². The Hall–Kier alpha value is -3.03. The van der Waals surface area contributed by atoms with Crippen LogP contribution in [0, 0.1) is 18.3 Å². The monoisotopic (exact) mass is 358 g/mol. The number of thioether (sulfide) groups is 1. The molecule has 26 heavy (non-hydrogen) atoms. The van der Waals surface area contributed by atoms with Gasteiger partial charge in [0.25, 0.3) is 5.91 Å². The van der Waals surface area contributed by atoms with E-state index in [1.807, 2.05) is 79.7 Å². The molecule has 3 nitrogen and oxygen atoms in total. The average molecular weight is 358 g/mol. The van der Waals surface area contributed by atoms with E-state index in [0.29, 0.717) is 11.1 Å². The molecule has 128 valence electrons. The number of nitriles is 1. The van der Waals surface area contributed by atoms with Crippen LogP contribution in [0.3, 0.4) is 0 Å². The quantitative estimate of drug-likeness (QED) is 0.620. The van der Waals surface area contributed by atoms with Crippen molar-refractivity contribution in [1.82, 2.24) is 0 Å². The van der Waals surface area contributed by atoms with Gasteiger partial charge in [0, 0.05) is 16.3 Å². The normalized spacial score (nSPS) is 10.2. The van der Waals surface area contributed by atoms with Gasteiger partial charge in [0.1, 0.15) is 0 Å². The molecule has 0 unspecified atom stereocenters. The maximum atomic E-state index is 12.7. The largest absolute Gasteiger partial charge is 0.322 e. The Kier molecular flexibility index (Phi) is 5.73. The number of benzene rings is 3. The van der Waals surface area contributed by atoms with E-state index >= 15 is 0 Å². The summed E-state index contributed by atoms with van der Waals surface area (Å²) in [6.45, 7) is 1.97. The van der Waals surface area contributed by atoms with Crippen LogP contribution in [-0.4, -0.2) is 5.91 Å². The fourth-order valence-corrected chi connectivity index (χ4v) is 3.53. The van der Waals surface area contributed by atoms with E-state index < -0.39 is 0 Å². The summed E-state index contributed by atoms with van der Waals surface area (Å²) in [6.07, 6.45) is 0. The molecule has 0 radical (unpaired) electrons. The molecule has 1 amide bonds. The topological polar surface area (TPSA) is 52.9 Å². The molecule has 3 aromatic carbocycles. The van der Waals surface area contributed by atoms with Gasteiger partial charge >= 0.3 is 0 Å². The Balaban J connectivity index is 1.74. The summed E-state index contributed by atoms with van der Waals surface area (Å²) in [5.74, 6) is 0.627. The first-order chi connectivity index (χ1) is 12.7. The molecule has 4 heteroatoms. The molecule has 0 aromatic heterocycles. The van der Waals surface area contributed by atoms with Gasteiger partial charge in [0.05, 0.1) is 17.2 Å². The zero-order valence-electron chi connectivity index (χ0n) is 14.4. The van der Waals surface area contributed by atoms with E-state index in [1.54, 1.807) is 11.8 Å². The molecule has 1 N–H and O–H groups in total. The van der Waals surface area contributed by atoms with Crippen molar-refractivity contribution in [3.63, 3.8) is 0 Å². The van der Waals surface area contributed by atoms with Crippen molar-refractivity contribution in [3.05, 3.63) is 95.1 Å². The molecule has 0 heterocycles. The Labute approximate surface area is 157 Å². The lowest BCUT2D eigenvalue weighted by molar-refractivity contribution is 0.102. The SMILES string of the molecule is Cc1ccccc1NC(=O)c1ccccc1SCc1ccc(C#N)cc1. The van der Waals surface area contributed by atoms with Crippen LogP contribution in [0.1, 0.15) is 27.0 Å². The van der Waals surface area contributed by atoms with Gasteiger partial charge in [-0.1, -0.05) is 42.5 Å². The van der Waals surface area contributed by atoms with Crippen molar-refractivity contribution in [3.8, 4) is 6.07 Å².